The molecule has 3 saturated carbocycles. The molecule has 0 aromatic rings. The number of allylic oxidation sites excluding steroid dienone is 1. The van der Waals surface area contributed by atoms with E-state index in [4.69, 9.17) is 15.2 Å². The predicted molar refractivity (Wildman–Crippen MR) is 200 cm³/mol. The summed E-state index contributed by atoms with van der Waals surface area (Å²) < 4.78 is 11.7. The fraction of sp³-hybridized carbons (Fsp3) is 0.878. The van der Waals surface area contributed by atoms with Gasteiger partial charge in [-0.2, -0.15) is 0 Å². The van der Waals surface area contributed by atoms with Crippen LogP contribution in [0.25, 0.3) is 0 Å². The van der Waals surface area contributed by atoms with Gasteiger partial charge >= 0.3 is 0 Å². The maximum atomic E-state index is 12.5. The minimum atomic E-state index is -0.357. The molecule has 286 valence electrons. The Kier molecular flexibility index (Phi) is 15.7. The average Bonchev–Trinajstić information content (AvgIpc) is 3.43. The van der Waals surface area contributed by atoms with E-state index in [1.165, 1.54) is 51.4 Å². The van der Waals surface area contributed by atoms with Crippen LogP contribution >= 0.6 is 0 Å². The largest absolute Gasteiger partial charge is 0.379 e. The molecule has 0 heterocycles. The summed E-state index contributed by atoms with van der Waals surface area (Å²) in [6, 6.07) is -0.329. The zero-order valence-electron chi connectivity index (χ0n) is 32.5. The number of hydrogen-bond donors (Lipinski definition) is 4. The number of carbonyl (C=O) groups excluding carboxylic acids is 3. The van der Waals surface area contributed by atoms with Crippen molar-refractivity contribution < 1.29 is 23.9 Å². The first-order valence-corrected chi connectivity index (χ1v) is 20.3. The Morgan fingerprint density at radius 1 is 0.900 bits per heavy atom. The zero-order valence-corrected chi connectivity index (χ0v) is 32.5. The lowest BCUT2D eigenvalue weighted by molar-refractivity contribution is -0.129. The fourth-order valence-corrected chi connectivity index (χ4v) is 10.8. The standard InChI is InChI=1S/C41H72N4O5/c1-28(2)10-9-11-29(3)33-15-16-34-32-14-13-30-26-31(17-20-40(30,4)35(32)18-21-41(33,34)5)50-27-38(47)45-23-25-49-24-19-37(46)44-22-8-7-12-36(43-6)39(42)48/h13,28-29,31-36,43H,7-12,14-27H2,1-6H3,(H2,42,48)(H,44,46)(H,45,47)/t29-,31?,32+,33-,34+,35+,36+,40+,41-/m1/s1. The van der Waals surface area contributed by atoms with E-state index >= 15 is 0 Å². The Morgan fingerprint density at radius 3 is 2.42 bits per heavy atom. The van der Waals surface area contributed by atoms with Gasteiger partial charge in [0, 0.05) is 19.5 Å². The van der Waals surface area contributed by atoms with Crippen molar-refractivity contribution in [2.45, 2.75) is 143 Å². The number of amides is 3. The molecular weight excluding hydrogens is 628 g/mol. The molecule has 9 heteroatoms. The summed E-state index contributed by atoms with van der Waals surface area (Å²) in [5, 5.41) is 8.66. The quantitative estimate of drug-likeness (QED) is 0.0822. The molecule has 0 aromatic heterocycles. The molecule has 9 atom stereocenters. The third-order valence-electron chi connectivity index (χ3n) is 13.7. The van der Waals surface area contributed by atoms with E-state index < -0.39 is 0 Å². The molecule has 3 amide bonds. The van der Waals surface area contributed by atoms with Crippen LogP contribution in [0, 0.1) is 46.3 Å². The van der Waals surface area contributed by atoms with Crippen molar-refractivity contribution in [2.75, 3.05) is 40.0 Å². The van der Waals surface area contributed by atoms with Crippen molar-refractivity contribution in [3.05, 3.63) is 11.6 Å². The number of fused-ring (bicyclic) bond motifs is 5. The van der Waals surface area contributed by atoms with E-state index in [2.05, 4.69) is 56.6 Å². The van der Waals surface area contributed by atoms with E-state index in [0.717, 1.165) is 67.6 Å². The third kappa shape index (κ3) is 10.6. The fourth-order valence-electron chi connectivity index (χ4n) is 10.8. The summed E-state index contributed by atoms with van der Waals surface area (Å²) in [4.78, 5) is 35.8. The summed E-state index contributed by atoms with van der Waals surface area (Å²) in [6.07, 6.45) is 19.4. The monoisotopic (exact) mass is 701 g/mol. The zero-order chi connectivity index (χ0) is 36.3. The molecule has 9 nitrogen and oxygen atoms in total. The molecule has 1 unspecified atom stereocenters. The lowest BCUT2D eigenvalue weighted by Gasteiger charge is -2.58. The van der Waals surface area contributed by atoms with Crippen LogP contribution < -0.4 is 21.7 Å². The minimum Gasteiger partial charge on any atom is -0.379 e. The van der Waals surface area contributed by atoms with Crippen LogP contribution in [0.3, 0.4) is 0 Å². The lowest BCUT2D eigenvalue weighted by atomic mass is 9.47. The summed E-state index contributed by atoms with van der Waals surface area (Å²) in [6.45, 7) is 14.2. The molecule has 0 aliphatic heterocycles. The highest BCUT2D eigenvalue weighted by atomic mass is 16.5. The van der Waals surface area contributed by atoms with Gasteiger partial charge in [-0.3, -0.25) is 14.4 Å². The van der Waals surface area contributed by atoms with E-state index in [-0.39, 0.29) is 48.3 Å². The molecule has 5 N–H and O–H groups in total. The van der Waals surface area contributed by atoms with Crippen molar-refractivity contribution in [2.24, 2.45) is 52.1 Å². The number of nitrogens with two attached hydrogens (primary N) is 1. The second-order valence-electron chi connectivity index (χ2n) is 17.3. The number of ether oxygens (including phenoxy) is 2. The Balaban J connectivity index is 1.10. The normalized spacial score (nSPS) is 31.6. The smallest absolute Gasteiger partial charge is 0.246 e. The van der Waals surface area contributed by atoms with Gasteiger partial charge in [-0.25, -0.2) is 0 Å². The van der Waals surface area contributed by atoms with Crippen molar-refractivity contribution in [1.82, 2.24) is 16.0 Å². The van der Waals surface area contributed by atoms with Crippen molar-refractivity contribution >= 4 is 17.7 Å². The summed E-state index contributed by atoms with van der Waals surface area (Å²) in [5.74, 6) is 4.50. The van der Waals surface area contributed by atoms with E-state index in [1.54, 1.807) is 12.6 Å². The highest BCUT2D eigenvalue weighted by Gasteiger charge is 2.59. The summed E-state index contributed by atoms with van der Waals surface area (Å²) in [5.41, 5.74) is 7.71. The Labute approximate surface area is 303 Å². The first kappa shape index (κ1) is 40.8. The van der Waals surface area contributed by atoms with Crippen LogP contribution in [0.5, 0.6) is 0 Å². The van der Waals surface area contributed by atoms with Crippen LogP contribution in [0.2, 0.25) is 0 Å². The average molecular weight is 701 g/mol. The Hall–Kier alpha value is -1.97. The molecule has 3 fully saturated rings. The van der Waals surface area contributed by atoms with Gasteiger partial charge in [0.15, 0.2) is 0 Å². The molecule has 4 aliphatic rings. The molecule has 0 spiro atoms. The van der Waals surface area contributed by atoms with Crippen molar-refractivity contribution in [3.63, 3.8) is 0 Å². The SMILES string of the molecule is CN[C@@H](CCCCNC(=O)CCOCCNC(=O)COC1CC[C@@]2(C)C(=CC[C@H]3[C@@H]4CC[C@H]([C@H](C)CCCC(C)C)[C@@]4(C)CC[C@@H]32)C1)C(N)=O. The molecule has 0 bridgehead atoms. The number of carbonyl (C=O) groups is 3. The number of hydrogen-bond acceptors (Lipinski definition) is 6. The van der Waals surface area contributed by atoms with E-state index in [9.17, 15) is 14.4 Å². The number of unbranched alkanes of at least 4 members (excludes halogenated alkanes) is 1. The van der Waals surface area contributed by atoms with Crippen molar-refractivity contribution in [1.29, 1.82) is 0 Å². The molecular formula is C41H72N4O5. The van der Waals surface area contributed by atoms with Crippen molar-refractivity contribution in [3.8, 4) is 0 Å². The predicted octanol–water partition coefficient (Wildman–Crippen LogP) is 6.30. The Bertz CT molecular complexity index is 1140. The minimum absolute atomic E-state index is 0.0682. The van der Waals surface area contributed by atoms with E-state index in [1.807, 2.05) is 0 Å². The van der Waals surface area contributed by atoms with Crippen LogP contribution in [-0.4, -0.2) is 69.8 Å². The topological polar surface area (TPSA) is 132 Å². The molecule has 0 radical (unpaired) electrons. The summed E-state index contributed by atoms with van der Waals surface area (Å²) >= 11 is 0. The molecule has 50 heavy (non-hydrogen) atoms. The second kappa shape index (κ2) is 19.2. The van der Waals surface area contributed by atoms with Gasteiger partial charge < -0.3 is 31.2 Å². The van der Waals surface area contributed by atoms with Gasteiger partial charge in [-0.05, 0) is 124 Å². The molecule has 0 saturated heterocycles. The molecule has 4 aliphatic carbocycles. The van der Waals surface area contributed by atoms with Gasteiger partial charge in [-0.15, -0.1) is 0 Å². The lowest BCUT2D eigenvalue weighted by Crippen LogP contribution is -2.51. The first-order chi connectivity index (χ1) is 23.9. The van der Waals surface area contributed by atoms with Crippen LogP contribution in [-0.2, 0) is 23.9 Å². The number of nitrogens with one attached hydrogen (secondary N) is 3. The maximum Gasteiger partial charge on any atom is 0.246 e. The number of primary amides is 1. The number of rotatable bonds is 21. The third-order valence-corrected chi connectivity index (χ3v) is 13.7. The van der Waals surface area contributed by atoms with Gasteiger partial charge in [0.1, 0.15) is 6.61 Å². The molecule has 4 rings (SSSR count). The summed E-state index contributed by atoms with van der Waals surface area (Å²) in [7, 11) is 1.72. The van der Waals surface area contributed by atoms with Crippen LogP contribution in [0.4, 0.5) is 0 Å². The van der Waals surface area contributed by atoms with Gasteiger partial charge in [-0.1, -0.05) is 65.5 Å². The highest BCUT2D eigenvalue weighted by molar-refractivity contribution is 5.79. The van der Waals surface area contributed by atoms with Gasteiger partial charge in [0.25, 0.3) is 0 Å². The highest BCUT2D eigenvalue weighted by Crippen LogP contribution is 2.67. The van der Waals surface area contributed by atoms with Crippen LogP contribution in [0.15, 0.2) is 11.6 Å². The number of likely N-dealkylation sites (N-methyl/N-ethyl adjacent to an activating group) is 1. The maximum absolute atomic E-state index is 12.5. The van der Waals surface area contributed by atoms with Crippen LogP contribution in [0.1, 0.15) is 131 Å². The molecule has 0 aromatic carbocycles. The second-order valence-corrected chi connectivity index (χ2v) is 17.3. The van der Waals surface area contributed by atoms with Gasteiger partial charge in [0.05, 0.1) is 25.4 Å². The first-order valence-electron chi connectivity index (χ1n) is 20.3. The van der Waals surface area contributed by atoms with Gasteiger partial charge in [0.2, 0.25) is 17.7 Å². The Morgan fingerprint density at radius 2 is 1.68 bits per heavy atom. The van der Waals surface area contributed by atoms with E-state index in [0.29, 0.717) is 38.1 Å².